The number of carbonyl (C=O) groups is 1. The van der Waals surface area contributed by atoms with Crippen molar-refractivity contribution in [1.29, 1.82) is 0 Å². The van der Waals surface area contributed by atoms with Crippen molar-refractivity contribution in [1.82, 2.24) is 10.2 Å². The molecule has 2 heterocycles. The largest absolute Gasteiger partial charge is 0.444 e. The topological polar surface area (TPSA) is 50.8 Å². The van der Waals surface area contributed by atoms with Crippen LogP contribution in [0, 0.1) is 5.92 Å². The number of ether oxygens (including phenoxy) is 2. The fourth-order valence-electron chi connectivity index (χ4n) is 3.23. The molecule has 2 atom stereocenters. The summed E-state index contributed by atoms with van der Waals surface area (Å²) in [4.78, 5) is 13.9. The van der Waals surface area contributed by atoms with E-state index >= 15 is 0 Å². The van der Waals surface area contributed by atoms with Gasteiger partial charge in [0, 0.05) is 25.7 Å². The van der Waals surface area contributed by atoms with Crippen LogP contribution in [-0.4, -0.2) is 54.5 Å². The van der Waals surface area contributed by atoms with E-state index in [1.54, 1.807) is 0 Å². The van der Waals surface area contributed by atoms with Crippen LogP contribution in [0.5, 0.6) is 0 Å². The van der Waals surface area contributed by atoms with Crippen molar-refractivity contribution in [2.24, 2.45) is 5.92 Å². The number of likely N-dealkylation sites (tertiary alicyclic amines) is 1. The minimum atomic E-state index is -0.416. The fraction of sp³-hybridized carbons (Fsp3) is 0.941. The third-order valence-corrected chi connectivity index (χ3v) is 4.33. The highest BCUT2D eigenvalue weighted by Gasteiger charge is 2.32. The fourth-order valence-corrected chi connectivity index (χ4v) is 3.23. The molecule has 2 aliphatic rings. The Labute approximate surface area is 134 Å². The van der Waals surface area contributed by atoms with Crippen molar-refractivity contribution < 1.29 is 14.3 Å². The van der Waals surface area contributed by atoms with E-state index in [0.29, 0.717) is 12.0 Å². The van der Waals surface area contributed by atoms with E-state index in [4.69, 9.17) is 9.47 Å². The molecule has 0 saturated carbocycles. The Morgan fingerprint density at radius 2 is 2.09 bits per heavy atom. The Kier molecular flexibility index (Phi) is 5.38. The zero-order chi connectivity index (χ0) is 16.4. The number of nitrogens with one attached hydrogen (secondary N) is 1. The smallest absolute Gasteiger partial charge is 0.410 e. The van der Waals surface area contributed by atoms with Crippen LogP contribution in [0.25, 0.3) is 0 Å². The van der Waals surface area contributed by atoms with Crippen LogP contribution in [0.15, 0.2) is 0 Å². The first-order valence-electron chi connectivity index (χ1n) is 8.50. The first-order valence-corrected chi connectivity index (χ1v) is 8.50. The molecule has 1 N–H and O–H groups in total. The summed E-state index contributed by atoms with van der Waals surface area (Å²) >= 11 is 0. The highest BCUT2D eigenvalue weighted by molar-refractivity contribution is 5.68. The van der Waals surface area contributed by atoms with Gasteiger partial charge in [0.25, 0.3) is 0 Å². The van der Waals surface area contributed by atoms with Crippen LogP contribution < -0.4 is 5.32 Å². The molecule has 0 aliphatic carbocycles. The highest BCUT2D eigenvalue weighted by atomic mass is 16.6. The minimum absolute atomic E-state index is 0.0197. The van der Waals surface area contributed by atoms with Gasteiger partial charge in [-0.25, -0.2) is 4.79 Å². The van der Waals surface area contributed by atoms with Crippen molar-refractivity contribution in [2.75, 3.05) is 26.2 Å². The molecule has 5 nitrogen and oxygen atoms in total. The molecule has 0 bridgehead atoms. The van der Waals surface area contributed by atoms with Crippen molar-refractivity contribution in [3.8, 4) is 0 Å². The van der Waals surface area contributed by atoms with E-state index < -0.39 is 5.60 Å². The van der Waals surface area contributed by atoms with Gasteiger partial charge >= 0.3 is 6.09 Å². The first-order chi connectivity index (χ1) is 10.1. The summed E-state index contributed by atoms with van der Waals surface area (Å²) in [5.41, 5.74) is -0.435. The van der Waals surface area contributed by atoms with Crippen molar-refractivity contribution >= 4 is 6.09 Å². The molecule has 2 unspecified atom stereocenters. The molecule has 0 aromatic heterocycles. The lowest BCUT2D eigenvalue weighted by Gasteiger charge is -2.36. The number of hydrogen-bond acceptors (Lipinski definition) is 4. The third kappa shape index (κ3) is 5.43. The van der Waals surface area contributed by atoms with E-state index in [1.165, 1.54) is 0 Å². The lowest BCUT2D eigenvalue weighted by molar-refractivity contribution is -0.0631. The second-order valence-corrected chi connectivity index (χ2v) is 8.29. The normalized spacial score (nSPS) is 28.7. The second kappa shape index (κ2) is 6.75. The van der Waals surface area contributed by atoms with Gasteiger partial charge < -0.3 is 19.7 Å². The average Bonchev–Trinajstić information content (AvgIpc) is 2.82. The van der Waals surface area contributed by atoms with Crippen molar-refractivity contribution in [2.45, 2.75) is 71.1 Å². The summed E-state index contributed by atoms with van der Waals surface area (Å²) in [6.07, 6.45) is 3.00. The van der Waals surface area contributed by atoms with Gasteiger partial charge in [0.2, 0.25) is 0 Å². The van der Waals surface area contributed by atoms with Crippen molar-refractivity contribution in [3.05, 3.63) is 0 Å². The highest BCUT2D eigenvalue weighted by Crippen LogP contribution is 2.25. The molecular formula is C17H32N2O3. The zero-order valence-corrected chi connectivity index (χ0v) is 14.8. The molecule has 22 heavy (non-hydrogen) atoms. The summed E-state index contributed by atoms with van der Waals surface area (Å²) in [6, 6.07) is 0.527. The average molecular weight is 312 g/mol. The maximum absolute atomic E-state index is 12.1. The van der Waals surface area contributed by atoms with Gasteiger partial charge in [-0.05, 0) is 66.3 Å². The van der Waals surface area contributed by atoms with Gasteiger partial charge in [0.15, 0.2) is 0 Å². The van der Waals surface area contributed by atoms with Gasteiger partial charge in [-0.1, -0.05) is 0 Å². The summed E-state index contributed by atoms with van der Waals surface area (Å²) in [6.45, 7) is 13.4. The summed E-state index contributed by atoms with van der Waals surface area (Å²) in [5, 5.41) is 3.67. The molecule has 0 spiro atoms. The Balaban J connectivity index is 1.71. The Morgan fingerprint density at radius 1 is 1.36 bits per heavy atom. The molecule has 2 fully saturated rings. The van der Waals surface area contributed by atoms with E-state index in [-0.39, 0.29) is 11.7 Å². The van der Waals surface area contributed by atoms with Crippen LogP contribution in [-0.2, 0) is 9.47 Å². The minimum Gasteiger partial charge on any atom is -0.444 e. The van der Waals surface area contributed by atoms with Crippen LogP contribution in [0.1, 0.15) is 53.9 Å². The zero-order valence-electron chi connectivity index (χ0n) is 14.8. The van der Waals surface area contributed by atoms with Crippen LogP contribution in [0.4, 0.5) is 4.79 Å². The molecular weight excluding hydrogens is 280 g/mol. The number of amides is 1. The Morgan fingerprint density at radius 3 is 2.73 bits per heavy atom. The predicted molar refractivity (Wildman–Crippen MR) is 87.0 cm³/mol. The Hall–Kier alpha value is -0.810. The maximum Gasteiger partial charge on any atom is 0.410 e. The molecule has 0 aromatic rings. The van der Waals surface area contributed by atoms with Gasteiger partial charge in [0.1, 0.15) is 5.60 Å². The van der Waals surface area contributed by atoms with Crippen LogP contribution in [0.3, 0.4) is 0 Å². The van der Waals surface area contributed by atoms with Crippen LogP contribution >= 0.6 is 0 Å². The van der Waals surface area contributed by atoms with E-state index in [2.05, 4.69) is 19.2 Å². The molecule has 2 aliphatic heterocycles. The van der Waals surface area contributed by atoms with Gasteiger partial charge in [-0.2, -0.15) is 0 Å². The van der Waals surface area contributed by atoms with E-state index in [0.717, 1.165) is 45.5 Å². The molecule has 2 saturated heterocycles. The number of nitrogens with zero attached hydrogens (tertiary/aromatic N) is 1. The summed E-state index contributed by atoms with van der Waals surface area (Å²) < 4.78 is 11.2. The quantitative estimate of drug-likeness (QED) is 0.870. The summed E-state index contributed by atoms with van der Waals surface area (Å²) in [5.74, 6) is 0.526. The first kappa shape index (κ1) is 17.5. The molecule has 2 rings (SSSR count). The van der Waals surface area contributed by atoms with E-state index in [9.17, 15) is 4.79 Å². The molecule has 128 valence electrons. The number of rotatable bonds is 3. The Bertz CT molecular complexity index is 390. The number of carbonyl (C=O) groups excluding carboxylic acids is 1. The second-order valence-electron chi connectivity index (χ2n) is 8.29. The standard InChI is InChI=1S/C17H32N2O3/c1-16(2,3)22-15(20)19-8-6-13(12-19)11-18-14-7-9-21-17(4,5)10-14/h13-14,18H,6-12H2,1-5H3. The third-order valence-electron chi connectivity index (χ3n) is 4.33. The van der Waals surface area contributed by atoms with Crippen LogP contribution in [0.2, 0.25) is 0 Å². The van der Waals surface area contributed by atoms with Gasteiger partial charge in [-0.15, -0.1) is 0 Å². The van der Waals surface area contributed by atoms with Crippen molar-refractivity contribution in [3.63, 3.8) is 0 Å². The molecule has 1 amide bonds. The lowest BCUT2D eigenvalue weighted by atomic mass is 9.93. The molecule has 5 heteroatoms. The molecule has 0 aromatic carbocycles. The monoisotopic (exact) mass is 312 g/mol. The lowest BCUT2D eigenvalue weighted by Crippen LogP contribution is -2.45. The summed E-state index contributed by atoms with van der Waals surface area (Å²) in [7, 11) is 0. The maximum atomic E-state index is 12.1. The predicted octanol–water partition coefficient (Wildman–Crippen LogP) is 2.79. The van der Waals surface area contributed by atoms with Gasteiger partial charge in [0.05, 0.1) is 5.60 Å². The molecule has 0 radical (unpaired) electrons. The SMILES string of the molecule is CC(C)(C)OC(=O)N1CCC(CNC2CCOC(C)(C)C2)C1. The van der Waals surface area contributed by atoms with E-state index in [1.807, 2.05) is 25.7 Å². The van der Waals surface area contributed by atoms with Gasteiger partial charge in [-0.3, -0.25) is 0 Å². The number of hydrogen-bond donors (Lipinski definition) is 1.